The van der Waals surface area contributed by atoms with E-state index in [0.29, 0.717) is 42.9 Å². The van der Waals surface area contributed by atoms with Crippen LogP contribution in [0.25, 0.3) is 16.9 Å². The summed E-state index contributed by atoms with van der Waals surface area (Å²) in [4.78, 5) is 15.4. The van der Waals surface area contributed by atoms with Crippen LogP contribution in [0.2, 0.25) is 5.02 Å². The number of ether oxygens (including phenoxy) is 2. The maximum Gasteiger partial charge on any atom is 0.272 e. The van der Waals surface area contributed by atoms with Crippen LogP contribution in [0.3, 0.4) is 0 Å². The second kappa shape index (κ2) is 8.83. The average Bonchev–Trinajstić information content (AvgIpc) is 3.51. The number of hydrogen-bond donors (Lipinski definition) is 0. The fourth-order valence-corrected chi connectivity index (χ4v) is 4.37. The van der Waals surface area contributed by atoms with Gasteiger partial charge in [-0.1, -0.05) is 41.9 Å². The van der Waals surface area contributed by atoms with Gasteiger partial charge in [-0.3, -0.25) is 4.79 Å². The maximum absolute atomic E-state index is 13.5. The SMILES string of the molecule is O=C(c1cc(-c2ccc(Cl)cc2)nn1-c1ccccc1)N1CCC(C2OCCO2)CC1. The third-order valence-electron chi connectivity index (χ3n) is 5.93. The van der Waals surface area contributed by atoms with Crippen molar-refractivity contribution in [1.82, 2.24) is 14.7 Å². The van der Waals surface area contributed by atoms with Crippen LogP contribution in [0.5, 0.6) is 0 Å². The third-order valence-corrected chi connectivity index (χ3v) is 6.18. The summed E-state index contributed by atoms with van der Waals surface area (Å²) in [5.74, 6) is 0.332. The van der Waals surface area contributed by atoms with E-state index in [4.69, 9.17) is 26.2 Å². The first kappa shape index (κ1) is 20.2. The minimum Gasteiger partial charge on any atom is -0.350 e. The van der Waals surface area contributed by atoms with Crippen molar-refractivity contribution in [3.05, 3.63) is 71.4 Å². The highest BCUT2D eigenvalue weighted by Gasteiger charge is 2.33. The van der Waals surface area contributed by atoms with Crippen LogP contribution in [0.15, 0.2) is 60.7 Å². The number of para-hydroxylation sites is 1. The van der Waals surface area contributed by atoms with Crippen molar-refractivity contribution >= 4 is 17.5 Å². The smallest absolute Gasteiger partial charge is 0.272 e. The summed E-state index contributed by atoms with van der Waals surface area (Å²) in [6, 6.07) is 19.1. The lowest BCUT2D eigenvalue weighted by molar-refractivity contribution is -0.0956. The summed E-state index contributed by atoms with van der Waals surface area (Å²) in [5.41, 5.74) is 3.07. The molecule has 3 heterocycles. The molecule has 6 nitrogen and oxygen atoms in total. The molecule has 2 fully saturated rings. The first-order chi connectivity index (χ1) is 15.2. The molecule has 0 N–H and O–H groups in total. The molecule has 1 aromatic heterocycles. The number of hydrogen-bond acceptors (Lipinski definition) is 4. The Bertz CT molecular complexity index is 1040. The lowest BCUT2D eigenvalue weighted by Gasteiger charge is -2.33. The molecule has 2 aliphatic heterocycles. The van der Waals surface area contributed by atoms with Crippen LogP contribution in [0.1, 0.15) is 23.3 Å². The number of aromatic nitrogens is 2. The number of carbonyl (C=O) groups is 1. The van der Waals surface area contributed by atoms with Crippen LogP contribution >= 0.6 is 11.6 Å². The molecule has 7 heteroatoms. The van der Waals surface area contributed by atoms with E-state index in [9.17, 15) is 4.79 Å². The molecule has 1 amide bonds. The molecule has 0 bridgehead atoms. The van der Waals surface area contributed by atoms with E-state index in [0.717, 1.165) is 29.8 Å². The van der Waals surface area contributed by atoms with E-state index in [2.05, 4.69) is 0 Å². The summed E-state index contributed by atoms with van der Waals surface area (Å²) in [6.45, 7) is 2.69. The van der Waals surface area contributed by atoms with Crippen molar-refractivity contribution in [3.8, 4) is 16.9 Å². The van der Waals surface area contributed by atoms with Crippen molar-refractivity contribution in [2.75, 3.05) is 26.3 Å². The summed E-state index contributed by atoms with van der Waals surface area (Å²) in [5, 5.41) is 5.43. The second-order valence-corrected chi connectivity index (χ2v) is 8.35. The Morgan fingerprint density at radius 2 is 1.65 bits per heavy atom. The molecule has 0 atom stereocenters. The summed E-state index contributed by atoms with van der Waals surface area (Å²) in [6.07, 6.45) is 1.63. The summed E-state index contributed by atoms with van der Waals surface area (Å²) in [7, 11) is 0. The molecule has 3 aromatic rings. The predicted octanol–water partition coefficient (Wildman–Crippen LogP) is 4.42. The van der Waals surface area contributed by atoms with Gasteiger partial charge >= 0.3 is 0 Å². The predicted molar refractivity (Wildman–Crippen MR) is 118 cm³/mol. The zero-order valence-corrected chi connectivity index (χ0v) is 17.9. The topological polar surface area (TPSA) is 56.6 Å². The van der Waals surface area contributed by atoms with Crippen LogP contribution < -0.4 is 0 Å². The molecule has 160 valence electrons. The van der Waals surface area contributed by atoms with Crippen molar-refractivity contribution in [1.29, 1.82) is 0 Å². The van der Waals surface area contributed by atoms with Crippen molar-refractivity contribution in [3.63, 3.8) is 0 Å². The first-order valence-corrected chi connectivity index (χ1v) is 11.0. The molecule has 2 aliphatic rings. The molecule has 0 saturated carbocycles. The molecule has 5 rings (SSSR count). The number of halogens is 1. The van der Waals surface area contributed by atoms with Gasteiger partial charge in [0.1, 0.15) is 5.69 Å². The number of nitrogens with zero attached hydrogens (tertiary/aromatic N) is 3. The average molecular weight is 438 g/mol. The Morgan fingerprint density at radius 1 is 0.968 bits per heavy atom. The Balaban J connectivity index is 1.42. The highest BCUT2D eigenvalue weighted by Crippen LogP contribution is 2.28. The van der Waals surface area contributed by atoms with Gasteiger partial charge in [-0.15, -0.1) is 0 Å². The zero-order valence-electron chi connectivity index (χ0n) is 17.1. The summed E-state index contributed by atoms with van der Waals surface area (Å²) >= 11 is 6.04. The molecule has 2 aromatic carbocycles. The van der Waals surface area contributed by atoms with E-state index >= 15 is 0 Å². The van der Waals surface area contributed by atoms with Crippen LogP contribution in [0, 0.1) is 5.92 Å². The molecule has 31 heavy (non-hydrogen) atoms. The van der Waals surface area contributed by atoms with Crippen LogP contribution in [-0.2, 0) is 9.47 Å². The van der Waals surface area contributed by atoms with E-state index in [1.54, 1.807) is 4.68 Å². The quantitative estimate of drug-likeness (QED) is 0.606. The molecular weight excluding hydrogens is 414 g/mol. The van der Waals surface area contributed by atoms with E-state index < -0.39 is 0 Å². The monoisotopic (exact) mass is 437 g/mol. The van der Waals surface area contributed by atoms with Gasteiger partial charge in [0.15, 0.2) is 6.29 Å². The number of likely N-dealkylation sites (tertiary alicyclic amines) is 1. The van der Waals surface area contributed by atoms with E-state index in [-0.39, 0.29) is 12.2 Å². The van der Waals surface area contributed by atoms with Crippen LogP contribution in [0.4, 0.5) is 0 Å². The van der Waals surface area contributed by atoms with Crippen molar-refractivity contribution in [2.24, 2.45) is 5.92 Å². The lowest BCUT2D eigenvalue weighted by atomic mass is 9.96. The minimum absolute atomic E-state index is 0.0109. The van der Waals surface area contributed by atoms with Gasteiger partial charge in [0, 0.05) is 29.6 Å². The molecule has 0 spiro atoms. The third kappa shape index (κ3) is 4.24. The molecule has 0 aliphatic carbocycles. The number of piperidine rings is 1. The zero-order chi connectivity index (χ0) is 21.2. The molecule has 2 saturated heterocycles. The summed E-state index contributed by atoms with van der Waals surface area (Å²) < 4.78 is 13.1. The number of amides is 1. The van der Waals surface area contributed by atoms with E-state index in [1.807, 2.05) is 65.6 Å². The van der Waals surface area contributed by atoms with Gasteiger partial charge in [0.2, 0.25) is 0 Å². The fourth-order valence-electron chi connectivity index (χ4n) is 4.25. The Hall–Kier alpha value is -2.67. The van der Waals surface area contributed by atoms with Gasteiger partial charge in [-0.2, -0.15) is 5.10 Å². The Kier molecular flexibility index (Phi) is 5.76. The normalized spacial score (nSPS) is 17.9. The highest BCUT2D eigenvalue weighted by atomic mass is 35.5. The van der Waals surface area contributed by atoms with Gasteiger partial charge in [-0.05, 0) is 43.2 Å². The van der Waals surface area contributed by atoms with Crippen molar-refractivity contribution < 1.29 is 14.3 Å². The Labute approximate surface area is 186 Å². The number of rotatable bonds is 4. The van der Waals surface area contributed by atoms with Gasteiger partial charge in [0.05, 0.1) is 24.6 Å². The minimum atomic E-state index is -0.122. The largest absolute Gasteiger partial charge is 0.350 e. The lowest BCUT2D eigenvalue weighted by Crippen LogP contribution is -2.42. The number of carbonyl (C=O) groups excluding carboxylic acids is 1. The standard InChI is InChI=1S/C24H24ClN3O3/c25-19-8-6-17(7-9-19)21-16-22(28(26-21)20-4-2-1-3-5-20)23(29)27-12-10-18(11-13-27)24-30-14-15-31-24/h1-9,16,18,24H,10-15H2. The van der Waals surface area contributed by atoms with Crippen molar-refractivity contribution in [2.45, 2.75) is 19.1 Å². The maximum atomic E-state index is 13.5. The molecule has 0 radical (unpaired) electrons. The molecular formula is C24H24ClN3O3. The molecule has 0 unspecified atom stereocenters. The van der Waals surface area contributed by atoms with Gasteiger partial charge in [0.25, 0.3) is 5.91 Å². The Morgan fingerprint density at radius 3 is 2.32 bits per heavy atom. The highest BCUT2D eigenvalue weighted by molar-refractivity contribution is 6.30. The van der Waals surface area contributed by atoms with Gasteiger partial charge < -0.3 is 14.4 Å². The fraction of sp³-hybridized carbons (Fsp3) is 0.333. The van der Waals surface area contributed by atoms with Gasteiger partial charge in [-0.25, -0.2) is 4.68 Å². The number of benzene rings is 2. The first-order valence-electron chi connectivity index (χ1n) is 10.6. The van der Waals surface area contributed by atoms with E-state index in [1.165, 1.54) is 0 Å². The van der Waals surface area contributed by atoms with Crippen LogP contribution in [-0.4, -0.2) is 53.2 Å². The second-order valence-electron chi connectivity index (χ2n) is 7.91.